The number of rotatable bonds is 4. The molecule has 0 aliphatic carbocycles. The fraction of sp³-hybridized carbons (Fsp3) is 0.227. The predicted octanol–water partition coefficient (Wildman–Crippen LogP) is 3.96. The number of aryl methyl sites for hydroxylation is 1. The molecule has 0 aliphatic rings. The van der Waals surface area contributed by atoms with E-state index in [-0.39, 0.29) is 0 Å². The number of methoxy groups -OCH3 is 3. The largest absolute Gasteiger partial charge is 0.497 e. The third-order valence-corrected chi connectivity index (χ3v) is 4.41. The summed E-state index contributed by atoms with van der Waals surface area (Å²) in [4.78, 5) is 0. The van der Waals surface area contributed by atoms with Gasteiger partial charge in [0.15, 0.2) is 11.5 Å². The van der Waals surface area contributed by atoms with Crippen LogP contribution in [-0.4, -0.2) is 25.9 Å². The monoisotopic (exact) mass is 360 g/mol. The van der Waals surface area contributed by atoms with Crippen molar-refractivity contribution in [1.29, 1.82) is 5.26 Å². The van der Waals surface area contributed by atoms with Gasteiger partial charge in [-0.1, -0.05) is 5.92 Å². The van der Waals surface area contributed by atoms with Gasteiger partial charge < -0.3 is 18.8 Å². The van der Waals surface area contributed by atoms with E-state index in [1.165, 1.54) is 0 Å². The third kappa shape index (κ3) is 3.28. The topological polar surface area (TPSA) is 56.4 Å². The molecule has 0 amide bonds. The van der Waals surface area contributed by atoms with Crippen LogP contribution < -0.4 is 14.2 Å². The molecule has 0 bridgehead atoms. The first-order chi connectivity index (χ1) is 13.2. The van der Waals surface area contributed by atoms with Gasteiger partial charge in [0.25, 0.3) is 0 Å². The Kier molecular flexibility index (Phi) is 5.24. The maximum Gasteiger partial charge on any atom is 0.161 e. The molecular formula is C22H20N2O3. The summed E-state index contributed by atoms with van der Waals surface area (Å²) in [5, 5.41) is 10.6. The molecule has 0 N–H and O–H groups in total. The molecule has 1 aromatic heterocycles. The highest BCUT2D eigenvalue weighted by Crippen LogP contribution is 2.30. The first-order valence-electron chi connectivity index (χ1n) is 8.51. The van der Waals surface area contributed by atoms with Gasteiger partial charge in [-0.25, -0.2) is 0 Å². The first-order valence-corrected chi connectivity index (χ1v) is 8.51. The standard InChI is InChI=1S/C22H20N2O3/c1-5-24-19(10-6-15-7-11-21(26-3)22(12-15)27-4)18(14-23)17-9-8-16(25-2)13-20(17)24/h7-9,11-13H,5H2,1-4H3. The Morgan fingerprint density at radius 3 is 2.33 bits per heavy atom. The fourth-order valence-electron chi connectivity index (χ4n) is 3.07. The van der Waals surface area contributed by atoms with Gasteiger partial charge in [0.2, 0.25) is 0 Å². The van der Waals surface area contributed by atoms with E-state index in [1.807, 2.05) is 47.9 Å². The zero-order chi connectivity index (χ0) is 19.4. The van der Waals surface area contributed by atoms with Crippen LogP contribution in [0.5, 0.6) is 17.2 Å². The van der Waals surface area contributed by atoms with Crippen molar-refractivity contribution >= 4 is 10.9 Å². The molecule has 0 atom stereocenters. The van der Waals surface area contributed by atoms with Gasteiger partial charge in [0, 0.05) is 23.6 Å². The van der Waals surface area contributed by atoms with Crippen molar-refractivity contribution in [2.24, 2.45) is 0 Å². The Labute approximate surface area is 158 Å². The summed E-state index contributed by atoms with van der Waals surface area (Å²) in [7, 11) is 4.81. The van der Waals surface area contributed by atoms with E-state index in [2.05, 4.69) is 17.9 Å². The predicted molar refractivity (Wildman–Crippen MR) is 104 cm³/mol. The zero-order valence-corrected chi connectivity index (χ0v) is 15.8. The highest BCUT2D eigenvalue weighted by atomic mass is 16.5. The number of hydrogen-bond donors (Lipinski definition) is 0. The average Bonchev–Trinajstić information content (AvgIpc) is 3.03. The summed E-state index contributed by atoms with van der Waals surface area (Å²) in [5.74, 6) is 8.32. The van der Waals surface area contributed by atoms with Gasteiger partial charge in [-0.05, 0) is 43.2 Å². The van der Waals surface area contributed by atoms with E-state index >= 15 is 0 Å². The smallest absolute Gasteiger partial charge is 0.161 e. The van der Waals surface area contributed by atoms with E-state index in [1.54, 1.807) is 21.3 Å². The second-order valence-corrected chi connectivity index (χ2v) is 5.78. The quantitative estimate of drug-likeness (QED) is 0.661. The molecule has 0 aliphatic heterocycles. The van der Waals surface area contributed by atoms with Gasteiger partial charge in [0.1, 0.15) is 17.5 Å². The fourth-order valence-corrected chi connectivity index (χ4v) is 3.07. The average molecular weight is 360 g/mol. The van der Waals surface area contributed by atoms with Crippen LogP contribution >= 0.6 is 0 Å². The number of ether oxygens (including phenoxy) is 3. The molecule has 1 heterocycles. The summed E-state index contributed by atoms with van der Waals surface area (Å²) in [5.41, 5.74) is 2.98. The number of benzene rings is 2. The molecule has 5 heteroatoms. The SMILES string of the molecule is CCn1c(C#Cc2ccc(OC)c(OC)c2)c(C#N)c2ccc(OC)cc21. The van der Waals surface area contributed by atoms with Crippen molar-refractivity contribution in [2.45, 2.75) is 13.5 Å². The van der Waals surface area contributed by atoms with Gasteiger partial charge in [-0.15, -0.1) is 0 Å². The normalized spacial score (nSPS) is 10.0. The van der Waals surface area contributed by atoms with E-state index in [0.29, 0.717) is 29.3 Å². The maximum atomic E-state index is 9.70. The van der Waals surface area contributed by atoms with E-state index in [4.69, 9.17) is 14.2 Å². The Hall–Kier alpha value is -3.57. The summed E-state index contributed by atoms with van der Waals surface area (Å²) in [6.07, 6.45) is 0. The zero-order valence-electron chi connectivity index (χ0n) is 15.8. The molecular weight excluding hydrogens is 340 g/mol. The van der Waals surface area contributed by atoms with Crippen LogP contribution in [0.4, 0.5) is 0 Å². The van der Waals surface area contributed by atoms with Crippen molar-refractivity contribution in [3.63, 3.8) is 0 Å². The maximum absolute atomic E-state index is 9.70. The van der Waals surface area contributed by atoms with Crippen molar-refractivity contribution in [3.05, 3.63) is 53.2 Å². The van der Waals surface area contributed by atoms with E-state index in [0.717, 1.165) is 22.2 Å². The molecule has 0 saturated heterocycles. The van der Waals surface area contributed by atoms with Gasteiger partial charge in [0.05, 0.1) is 32.4 Å². The van der Waals surface area contributed by atoms with Crippen LogP contribution in [0.3, 0.4) is 0 Å². The van der Waals surface area contributed by atoms with Gasteiger partial charge in [-0.3, -0.25) is 0 Å². The molecule has 0 fully saturated rings. The summed E-state index contributed by atoms with van der Waals surface area (Å²) in [6, 6.07) is 13.5. The lowest BCUT2D eigenvalue weighted by Gasteiger charge is -2.07. The Morgan fingerprint density at radius 1 is 0.926 bits per heavy atom. The van der Waals surface area contributed by atoms with Crippen LogP contribution in [0.2, 0.25) is 0 Å². The van der Waals surface area contributed by atoms with Crippen LogP contribution in [0, 0.1) is 23.2 Å². The van der Waals surface area contributed by atoms with Crippen molar-refractivity contribution in [2.75, 3.05) is 21.3 Å². The number of nitrogens with zero attached hydrogens (tertiary/aromatic N) is 2. The number of hydrogen-bond acceptors (Lipinski definition) is 4. The highest BCUT2D eigenvalue weighted by molar-refractivity contribution is 5.90. The lowest BCUT2D eigenvalue weighted by atomic mass is 10.1. The Bertz CT molecular complexity index is 1090. The van der Waals surface area contributed by atoms with Crippen LogP contribution in [-0.2, 0) is 6.54 Å². The lowest BCUT2D eigenvalue weighted by molar-refractivity contribution is 0.355. The van der Waals surface area contributed by atoms with Crippen molar-refractivity contribution < 1.29 is 14.2 Å². The van der Waals surface area contributed by atoms with Gasteiger partial charge >= 0.3 is 0 Å². The molecule has 3 rings (SSSR count). The Morgan fingerprint density at radius 2 is 1.70 bits per heavy atom. The highest BCUT2D eigenvalue weighted by Gasteiger charge is 2.15. The van der Waals surface area contributed by atoms with Crippen molar-refractivity contribution in [3.8, 4) is 35.2 Å². The van der Waals surface area contributed by atoms with Crippen molar-refractivity contribution in [1.82, 2.24) is 4.57 Å². The minimum atomic E-state index is 0.572. The molecule has 0 radical (unpaired) electrons. The lowest BCUT2D eigenvalue weighted by Crippen LogP contribution is -1.98. The van der Waals surface area contributed by atoms with E-state index in [9.17, 15) is 5.26 Å². The molecule has 2 aromatic carbocycles. The van der Waals surface area contributed by atoms with E-state index < -0.39 is 0 Å². The minimum Gasteiger partial charge on any atom is -0.497 e. The summed E-state index contributed by atoms with van der Waals surface area (Å²) < 4.78 is 17.9. The first kappa shape index (κ1) is 18.2. The second kappa shape index (κ2) is 7.76. The molecule has 0 spiro atoms. The van der Waals surface area contributed by atoms with Crippen LogP contribution in [0.1, 0.15) is 23.7 Å². The van der Waals surface area contributed by atoms with Crippen LogP contribution in [0.25, 0.3) is 10.9 Å². The molecule has 5 nitrogen and oxygen atoms in total. The van der Waals surface area contributed by atoms with Gasteiger partial charge in [-0.2, -0.15) is 5.26 Å². The third-order valence-electron chi connectivity index (χ3n) is 4.41. The molecule has 27 heavy (non-hydrogen) atoms. The molecule has 3 aromatic rings. The second-order valence-electron chi connectivity index (χ2n) is 5.78. The van der Waals surface area contributed by atoms with Crippen LogP contribution in [0.15, 0.2) is 36.4 Å². The Balaban J connectivity index is 2.16. The number of fused-ring (bicyclic) bond motifs is 1. The summed E-state index contributed by atoms with van der Waals surface area (Å²) >= 11 is 0. The molecule has 0 saturated carbocycles. The molecule has 136 valence electrons. The number of nitriles is 1. The molecule has 0 unspecified atom stereocenters. The summed E-state index contributed by atoms with van der Waals surface area (Å²) in [6.45, 7) is 2.73. The number of aromatic nitrogens is 1. The minimum absolute atomic E-state index is 0.572.